The first kappa shape index (κ1) is 11.2. The normalized spacial score (nSPS) is 12.2. The molecule has 1 aromatic carbocycles. The van der Waals surface area contributed by atoms with Crippen molar-refractivity contribution in [1.29, 1.82) is 0 Å². The highest BCUT2D eigenvalue weighted by molar-refractivity contribution is 5.84. The molecule has 86 valence electrons. The van der Waals surface area contributed by atoms with Gasteiger partial charge in [-0.2, -0.15) is 0 Å². The molecule has 0 fully saturated rings. The van der Waals surface area contributed by atoms with Gasteiger partial charge >= 0.3 is 0 Å². The van der Waals surface area contributed by atoms with Crippen LogP contribution in [0.15, 0.2) is 30.5 Å². The van der Waals surface area contributed by atoms with Gasteiger partial charge < -0.3 is 10.3 Å². The van der Waals surface area contributed by atoms with Gasteiger partial charge in [-0.15, -0.1) is 0 Å². The van der Waals surface area contributed by atoms with Crippen molar-refractivity contribution >= 4 is 10.9 Å². The quantitative estimate of drug-likeness (QED) is 0.840. The molecule has 0 saturated carbocycles. The average Bonchev–Trinajstić information content (AvgIpc) is 2.60. The Morgan fingerprint density at radius 3 is 2.69 bits per heavy atom. The fourth-order valence-corrected chi connectivity index (χ4v) is 2.40. The minimum Gasteiger partial charge on any atom is -0.350 e. The fourth-order valence-electron chi connectivity index (χ4n) is 2.40. The van der Waals surface area contributed by atoms with Gasteiger partial charge in [0.15, 0.2) is 0 Å². The van der Waals surface area contributed by atoms with E-state index in [1.807, 2.05) is 0 Å². The molecule has 0 spiro atoms. The van der Waals surface area contributed by atoms with E-state index < -0.39 is 0 Å². The topological polar surface area (TPSA) is 30.9 Å². The summed E-state index contributed by atoms with van der Waals surface area (Å²) in [5.74, 6) is 0. The third-order valence-electron chi connectivity index (χ3n) is 3.40. The number of benzene rings is 1. The highest BCUT2D eigenvalue weighted by Crippen LogP contribution is 2.32. The van der Waals surface area contributed by atoms with Crippen LogP contribution in [0.2, 0.25) is 0 Å². The number of hydrogen-bond donors (Lipinski definition) is 1. The van der Waals surface area contributed by atoms with Crippen molar-refractivity contribution in [2.75, 3.05) is 6.54 Å². The maximum absolute atomic E-state index is 5.70. The first-order chi connectivity index (χ1) is 7.56. The Labute approximate surface area is 97.1 Å². The number of nitrogens with two attached hydrogens (primary N) is 1. The third-order valence-corrected chi connectivity index (χ3v) is 3.40. The summed E-state index contributed by atoms with van der Waals surface area (Å²) in [7, 11) is 2.10. The maximum Gasteiger partial charge on any atom is 0.0515 e. The van der Waals surface area contributed by atoms with Crippen LogP contribution in [0.5, 0.6) is 0 Å². The summed E-state index contributed by atoms with van der Waals surface area (Å²) in [4.78, 5) is 0. The monoisotopic (exact) mass is 216 g/mol. The van der Waals surface area contributed by atoms with Crippen LogP contribution in [-0.2, 0) is 12.5 Å². The van der Waals surface area contributed by atoms with Crippen molar-refractivity contribution in [2.45, 2.75) is 25.7 Å². The van der Waals surface area contributed by atoms with Gasteiger partial charge in [-0.25, -0.2) is 0 Å². The smallest absolute Gasteiger partial charge is 0.0515 e. The van der Waals surface area contributed by atoms with E-state index in [1.165, 1.54) is 16.5 Å². The average molecular weight is 216 g/mol. The summed E-state index contributed by atoms with van der Waals surface area (Å²) in [6.45, 7) is 5.26. The number of aryl methyl sites for hydroxylation is 1. The molecule has 16 heavy (non-hydrogen) atoms. The van der Waals surface area contributed by atoms with Gasteiger partial charge in [0, 0.05) is 13.2 Å². The van der Waals surface area contributed by atoms with Crippen molar-refractivity contribution < 1.29 is 0 Å². The van der Waals surface area contributed by atoms with Gasteiger partial charge in [0.25, 0.3) is 0 Å². The molecular formula is C14H20N2. The molecule has 0 unspecified atom stereocenters. The van der Waals surface area contributed by atoms with Crippen molar-refractivity contribution in [3.63, 3.8) is 0 Å². The summed E-state index contributed by atoms with van der Waals surface area (Å²) in [6, 6.07) is 8.68. The predicted molar refractivity (Wildman–Crippen MR) is 69.6 cm³/mol. The molecule has 0 saturated heterocycles. The van der Waals surface area contributed by atoms with Crippen LogP contribution in [0.3, 0.4) is 0 Å². The summed E-state index contributed by atoms with van der Waals surface area (Å²) in [6.07, 6.45) is 3.13. The van der Waals surface area contributed by atoms with Crippen molar-refractivity contribution in [2.24, 2.45) is 12.8 Å². The van der Waals surface area contributed by atoms with Crippen LogP contribution >= 0.6 is 0 Å². The van der Waals surface area contributed by atoms with E-state index in [9.17, 15) is 0 Å². The highest BCUT2D eigenvalue weighted by atomic mass is 14.9. The van der Waals surface area contributed by atoms with E-state index in [0.29, 0.717) is 0 Å². The molecule has 2 nitrogen and oxygen atoms in total. The van der Waals surface area contributed by atoms with Crippen LogP contribution < -0.4 is 5.73 Å². The van der Waals surface area contributed by atoms with Crippen LogP contribution in [0.25, 0.3) is 10.9 Å². The van der Waals surface area contributed by atoms with Crippen LogP contribution in [0.4, 0.5) is 0 Å². The van der Waals surface area contributed by atoms with E-state index in [0.717, 1.165) is 13.0 Å². The first-order valence-electron chi connectivity index (χ1n) is 5.81. The molecular weight excluding hydrogens is 196 g/mol. The third kappa shape index (κ3) is 1.74. The maximum atomic E-state index is 5.70. The number of rotatable bonds is 3. The lowest BCUT2D eigenvalue weighted by Gasteiger charge is -2.26. The van der Waals surface area contributed by atoms with E-state index in [1.54, 1.807) is 0 Å². The first-order valence-corrected chi connectivity index (χ1v) is 5.81. The fraction of sp³-hybridized carbons (Fsp3) is 0.429. The number of nitrogens with zero attached hydrogens (tertiary/aromatic N) is 1. The lowest BCUT2D eigenvalue weighted by atomic mass is 9.80. The summed E-state index contributed by atoms with van der Waals surface area (Å²) >= 11 is 0. The molecule has 2 N–H and O–H groups in total. The molecule has 0 bridgehead atoms. The van der Waals surface area contributed by atoms with Gasteiger partial charge in [-0.3, -0.25) is 0 Å². The Kier molecular flexibility index (Phi) is 2.76. The van der Waals surface area contributed by atoms with E-state index >= 15 is 0 Å². The van der Waals surface area contributed by atoms with Crippen molar-refractivity contribution in [1.82, 2.24) is 4.57 Å². The molecule has 1 heterocycles. The number of para-hydroxylation sites is 1. The molecule has 1 aromatic heterocycles. The van der Waals surface area contributed by atoms with Gasteiger partial charge in [0.2, 0.25) is 0 Å². The van der Waals surface area contributed by atoms with Crippen LogP contribution in [-0.4, -0.2) is 11.1 Å². The molecule has 0 aliphatic heterocycles. The van der Waals surface area contributed by atoms with Crippen LogP contribution in [0, 0.1) is 0 Å². The van der Waals surface area contributed by atoms with E-state index in [-0.39, 0.29) is 5.41 Å². The standard InChI is InChI=1S/C14H20N2/c1-14(2,8-9-15)12-6-4-5-11-7-10-16(3)13(11)12/h4-7,10H,8-9,15H2,1-3H3. The minimum absolute atomic E-state index is 0.139. The second-order valence-electron chi connectivity index (χ2n) is 5.09. The van der Waals surface area contributed by atoms with E-state index in [2.05, 4.69) is 55.9 Å². The number of aromatic nitrogens is 1. The zero-order valence-corrected chi connectivity index (χ0v) is 10.3. The van der Waals surface area contributed by atoms with Gasteiger partial charge in [-0.1, -0.05) is 32.0 Å². The van der Waals surface area contributed by atoms with Crippen LogP contribution in [0.1, 0.15) is 25.8 Å². The second kappa shape index (κ2) is 3.95. The van der Waals surface area contributed by atoms with Gasteiger partial charge in [0.05, 0.1) is 5.52 Å². The summed E-state index contributed by atoms with van der Waals surface area (Å²) in [5.41, 5.74) is 8.57. The lowest BCUT2D eigenvalue weighted by Crippen LogP contribution is -2.22. The summed E-state index contributed by atoms with van der Waals surface area (Å²) < 4.78 is 2.20. The zero-order chi connectivity index (χ0) is 11.8. The molecule has 2 aromatic rings. The zero-order valence-electron chi connectivity index (χ0n) is 10.3. The predicted octanol–water partition coefficient (Wildman–Crippen LogP) is 2.80. The minimum atomic E-state index is 0.139. The number of fused-ring (bicyclic) bond motifs is 1. The molecule has 0 aliphatic rings. The Morgan fingerprint density at radius 1 is 1.25 bits per heavy atom. The largest absolute Gasteiger partial charge is 0.350 e. The van der Waals surface area contributed by atoms with E-state index in [4.69, 9.17) is 5.73 Å². The Balaban J connectivity index is 2.63. The lowest BCUT2D eigenvalue weighted by molar-refractivity contribution is 0.490. The Bertz CT molecular complexity index is 494. The Morgan fingerprint density at radius 2 is 2.00 bits per heavy atom. The molecule has 2 rings (SSSR count). The number of hydrogen-bond acceptors (Lipinski definition) is 1. The van der Waals surface area contributed by atoms with Crippen molar-refractivity contribution in [3.05, 3.63) is 36.0 Å². The molecule has 0 radical (unpaired) electrons. The SMILES string of the molecule is Cn1ccc2cccc(C(C)(C)CCN)c21. The molecule has 0 atom stereocenters. The van der Waals surface area contributed by atoms with Gasteiger partial charge in [-0.05, 0) is 35.4 Å². The Hall–Kier alpha value is -1.28. The van der Waals surface area contributed by atoms with Crippen molar-refractivity contribution in [3.8, 4) is 0 Å². The molecule has 0 amide bonds. The van der Waals surface area contributed by atoms with Gasteiger partial charge in [0.1, 0.15) is 0 Å². The summed E-state index contributed by atoms with van der Waals surface area (Å²) in [5, 5.41) is 1.31. The molecule has 0 aliphatic carbocycles. The second-order valence-corrected chi connectivity index (χ2v) is 5.09. The highest BCUT2D eigenvalue weighted by Gasteiger charge is 2.22. The molecule has 2 heteroatoms.